The van der Waals surface area contributed by atoms with Crippen molar-refractivity contribution in [2.24, 2.45) is 0 Å². The second-order valence-corrected chi connectivity index (χ2v) is 6.98. The van der Waals surface area contributed by atoms with Gasteiger partial charge in [0.2, 0.25) is 0 Å². The van der Waals surface area contributed by atoms with Crippen LogP contribution in [0.4, 0.5) is 0 Å². The highest BCUT2D eigenvalue weighted by Gasteiger charge is 2.52. The minimum absolute atomic E-state index is 0.0102. The molecule has 0 unspecified atom stereocenters. The highest BCUT2D eigenvalue weighted by atomic mass is 16.6. The van der Waals surface area contributed by atoms with Gasteiger partial charge in [-0.3, -0.25) is 4.79 Å². The first-order chi connectivity index (χ1) is 11.6. The molecule has 3 aliphatic rings. The molecule has 2 aromatic rings. The van der Waals surface area contributed by atoms with Crippen LogP contribution >= 0.6 is 0 Å². The molecule has 24 heavy (non-hydrogen) atoms. The van der Waals surface area contributed by atoms with Gasteiger partial charge in [-0.15, -0.1) is 0 Å². The number of ketones is 1. The zero-order valence-electron chi connectivity index (χ0n) is 13.7. The van der Waals surface area contributed by atoms with Crippen molar-refractivity contribution in [2.45, 2.75) is 31.5 Å². The molecule has 1 fully saturated rings. The Morgan fingerprint density at radius 2 is 2.04 bits per heavy atom. The van der Waals surface area contributed by atoms with Gasteiger partial charge in [-0.25, -0.2) is 0 Å². The van der Waals surface area contributed by atoms with Gasteiger partial charge in [0.1, 0.15) is 23.2 Å². The van der Waals surface area contributed by atoms with E-state index in [1.54, 1.807) is 7.11 Å². The summed E-state index contributed by atoms with van der Waals surface area (Å²) >= 11 is 0. The van der Waals surface area contributed by atoms with Crippen molar-refractivity contribution in [3.8, 4) is 11.5 Å². The van der Waals surface area contributed by atoms with E-state index in [9.17, 15) is 4.79 Å². The highest BCUT2D eigenvalue weighted by molar-refractivity contribution is 6.14. The monoisotopic (exact) mass is 322 g/mol. The van der Waals surface area contributed by atoms with Gasteiger partial charge >= 0.3 is 0 Å². The Morgan fingerprint density at radius 1 is 1.25 bits per heavy atom. The molecule has 0 N–H and O–H groups in total. The van der Waals surface area contributed by atoms with Crippen LogP contribution in [0.3, 0.4) is 0 Å². The number of rotatable bonds is 2. The van der Waals surface area contributed by atoms with Crippen LogP contribution in [0.2, 0.25) is 0 Å². The third-order valence-electron chi connectivity index (χ3n) is 5.49. The van der Waals surface area contributed by atoms with Crippen LogP contribution in [0.25, 0.3) is 0 Å². The number of carbonyl (C=O) groups is 1. The summed E-state index contributed by atoms with van der Waals surface area (Å²) in [6.45, 7) is 2.81. The maximum Gasteiger partial charge on any atom is 0.197 e. The number of fused-ring (bicyclic) bond motifs is 4. The first kappa shape index (κ1) is 14.1. The lowest BCUT2D eigenvalue weighted by Crippen LogP contribution is -2.30. The standard InChI is InChI=1S/C20H18O4/c1-20(10-23-20)17-8-13-14-7-11-5-3-4-6-12(11)19(21)18(14)16(22-2)9-15(13)24-17/h3-6,9,17H,7-8,10H2,1-2H3/t17-,20-/m1/s1. The SMILES string of the molecule is COc1cc2c(c3c1C(=O)c1ccccc1C3)C[C@H]([C@@]1(C)CO1)O2. The normalized spacial score (nSPS) is 26.2. The van der Waals surface area contributed by atoms with Gasteiger partial charge in [0.05, 0.1) is 19.3 Å². The second kappa shape index (κ2) is 4.61. The van der Waals surface area contributed by atoms with E-state index in [1.807, 2.05) is 30.3 Å². The molecular formula is C20H18O4. The number of hydrogen-bond acceptors (Lipinski definition) is 4. The summed E-state index contributed by atoms with van der Waals surface area (Å²) in [6.07, 6.45) is 1.54. The Morgan fingerprint density at radius 3 is 2.79 bits per heavy atom. The molecule has 0 bridgehead atoms. The number of carbonyl (C=O) groups excluding carboxylic acids is 1. The Hall–Kier alpha value is -2.33. The van der Waals surface area contributed by atoms with Gasteiger partial charge in [0, 0.05) is 23.6 Å². The quantitative estimate of drug-likeness (QED) is 0.681. The third kappa shape index (κ3) is 1.80. The zero-order valence-corrected chi connectivity index (χ0v) is 13.7. The van der Waals surface area contributed by atoms with Crippen LogP contribution < -0.4 is 9.47 Å². The summed E-state index contributed by atoms with van der Waals surface area (Å²) in [5, 5.41) is 0. The minimum Gasteiger partial charge on any atom is -0.496 e. The molecule has 2 aliphatic heterocycles. The number of epoxide rings is 1. The molecule has 4 heteroatoms. The van der Waals surface area contributed by atoms with Crippen molar-refractivity contribution >= 4 is 5.78 Å². The molecule has 1 aliphatic carbocycles. The van der Waals surface area contributed by atoms with E-state index in [4.69, 9.17) is 14.2 Å². The lowest BCUT2D eigenvalue weighted by Gasteiger charge is -2.22. The van der Waals surface area contributed by atoms with Gasteiger partial charge < -0.3 is 14.2 Å². The predicted octanol–water partition coefficient (Wildman–Crippen LogP) is 2.92. The van der Waals surface area contributed by atoms with Crippen molar-refractivity contribution in [2.75, 3.05) is 13.7 Å². The largest absolute Gasteiger partial charge is 0.496 e. The van der Waals surface area contributed by atoms with E-state index in [0.29, 0.717) is 11.3 Å². The summed E-state index contributed by atoms with van der Waals surface area (Å²) in [5.41, 5.74) is 4.53. The lowest BCUT2D eigenvalue weighted by molar-refractivity contribution is 0.103. The van der Waals surface area contributed by atoms with Crippen LogP contribution in [0.1, 0.15) is 39.5 Å². The molecular weight excluding hydrogens is 304 g/mol. The number of benzene rings is 2. The first-order valence-corrected chi connectivity index (χ1v) is 8.26. The van der Waals surface area contributed by atoms with Crippen LogP contribution in [0, 0.1) is 0 Å². The molecule has 0 aromatic heterocycles. The van der Waals surface area contributed by atoms with Crippen molar-refractivity contribution in [3.63, 3.8) is 0 Å². The second-order valence-electron chi connectivity index (χ2n) is 6.98. The summed E-state index contributed by atoms with van der Waals surface area (Å²) in [7, 11) is 1.60. The van der Waals surface area contributed by atoms with E-state index in [-0.39, 0.29) is 17.5 Å². The van der Waals surface area contributed by atoms with Gasteiger partial charge in [-0.2, -0.15) is 0 Å². The number of ether oxygens (including phenoxy) is 3. The Balaban J connectivity index is 1.67. The molecule has 2 aromatic carbocycles. The molecule has 0 spiro atoms. The maximum absolute atomic E-state index is 13.0. The van der Waals surface area contributed by atoms with Crippen LogP contribution in [-0.4, -0.2) is 31.2 Å². The Bertz CT molecular complexity index is 879. The molecule has 122 valence electrons. The van der Waals surface area contributed by atoms with E-state index >= 15 is 0 Å². The molecule has 5 rings (SSSR count). The molecule has 0 saturated carbocycles. The average molecular weight is 322 g/mol. The molecule has 0 radical (unpaired) electrons. The van der Waals surface area contributed by atoms with Gasteiger partial charge in [-0.05, 0) is 24.5 Å². The maximum atomic E-state index is 13.0. The van der Waals surface area contributed by atoms with E-state index in [1.165, 1.54) is 0 Å². The lowest BCUT2D eigenvalue weighted by atomic mass is 9.81. The fourth-order valence-electron chi connectivity index (χ4n) is 3.90. The molecule has 0 amide bonds. The zero-order chi connectivity index (χ0) is 16.5. The summed E-state index contributed by atoms with van der Waals surface area (Å²) in [6, 6.07) is 9.68. The molecule has 4 nitrogen and oxygen atoms in total. The van der Waals surface area contributed by atoms with Crippen molar-refractivity contribution in [3.05, 3.63) is 58.1 Å². The van der Waals surface area contributed by atoms with E-state index in [2.05, 4.69) is 6.92 Å². The van der Waals surface area contributed by atoms with Crippen LogP contribution in [0.5, 0.6) is 11.5 Å². The van der Waals surface area contributed by atoms with Crippen molar-refractivity contribution in [1.82, 2.24) is 0 Å². The number of methoxy groups -OCH3 is 1. The summed E-state index contributed by atoms with van der Waals surface area (Å²) < 4.78 is 17.2. The molecule has 2 heterocycles. The van der Waals surface area contributed by atoms with Crippen molar-refractivity contribution in [1.29, 1.82) is 0 Å². The fourth-order valence-corrected chi connectivity index (χ4v) is 3.90. The predicted molar refractivity (Wildman–Crippen MR) is 88.2 cm³/mol. The summed E-state index contributed by atoms with van der Waals surface area (Å²) in [5.74, 6) is 1.48. The van der Waals surface area contributed by atoms with E-state index in [0.717, 1.165) is 47.5 Å². The fraction of sp³-hybridized carbons (Fsp3) is 0.350. The first-order valence-electron chi connectivity index (χ1n) is 8.26. The van der Waals surface area contributed by atoms with Crippen molar-refractivity contribution < 1.29 is 19.0 Å². The average Bonchev–Trinajstić information content (AvgIpc) is 3.19. The summed E-state index contributed by atoms with van der Waals surface area (Å²) in [4.78, 5) is 13.0. The van der Waals surface area contributed by atoms with Gasteiger partial charge in [0.25, 0.3) is 0 Å². The Labute approximate surface area is 140 Å². The third-order valence-corrected chi connectivity index (χ3v) is 5.49. The van der Waals surface area contributed by atoms with Crippen LogP contribution in [0.15, 0.2) is 30.3 Å². The Kier molecular flexibility index (Phi) is 2.70. The van der Waals surface area contributed by atoms with Gasteiger partial charge in [-0.1, -0.05) is 24.3 Å². The number of hydrogen-bond donors (Lipinski definition) is 0. The topological polar surface area (TPSA) is 48.1 Å². The smallest absolute Gasteiger partial charge is 0.197 e. The van der Waals surface area contributed by atoms with Crippen LogP contribution in [-0.2, 0) is 17.6 Å². The molecule has 2 atom stereocenters. The highest BCUT2D eigenvalue weighted by Crippen LogP contribution is 2.47. The minimum atomic E-state index is -0.199. The van der Waals surface area contributed by atoms with Gasteiger partial charge in [0.15, 0.2) is 5.78 Å². The molecule has 1 saturated heterocycles. The van der Waals surface area contributed by atoms with E-state index < -0.39 is 0 Å².